The first-order valence-electron chi connectivity index (χ1n) is 6.08. The molecule has 4 nitrogen and oxygen atoms in total. The Hall–Kier alpha value is -2.35. The van der Waals surface area contributed by atoms with Crippen LogP contribution in [0.4, 0.5) is 23.2 Å². The zero-order valence-electron chi connectivity index (χ0n) is 11.4. The van der Waals surface area contributed by atoms with Crippen molar-refractivity contribution in [3.05, 3.63) is 62.4 Å². The minimum absolute atomic E-state index is 0.0779. The Morgan fingerprint density at radius 2 is 1.87 bits per heavy atom. The number of nitro groups is 1. The maximum Gasteiger partial charge on any atom is 0.419 e. The highest BCUT2D eigenvalue weighted by Crippen LogP contribution is 2.38. The minimum atomic E-state index is -4.88. The van der Waals surface area contributed by atoms with Gasteiger partial charge in [-0.05, 0) is 25.1 Å². The van der Waals surface area contributed by atoms with Crippen LogP contribution < -0.4 is 4.74 Å². The van der Waals surface area contributed by atoms with E-state index in [2.05, 4.69) is 0 Å². The highest BCUT2D eigenvalue weighted by atomic mass is 35.5. The van der Waals surface area contributed by atoms with E-state index in [0.717, 1.165) is 0 Å². The summed E-state index contributed by atoms with van der Waals surface area (Å²) in [4.78, 5) is 10.1. The van der Waals surface area contributed by atoms with Crippen LogP contribution in [-0.4, -0.2) is 4.92 Å². The van der Waals surface area contributed by atoms with E-state index < -0.39 is 27.5 Å². The highest BCUT2D eigenvalue weighted by molar-refractivity contribution is 6.32. The zero-order chi connectivity index (χ0) is 17.4. The third-order valence-electron chi connectivity index (χ3n) is 2.92. The summed E-state index contributed by atoms with van der Waals surface area (Å²) in [5, 5.41) is 10.3. The molecule has 0 amide bonds. The summed E-state index contributed by atoms with van der Waals surface area (Å²) in [6.45, 7) is 1.46. The van der Waals surface area contributed by atoms with Crippen LogP contribution in [0.15, 0.2) is 30.3 Å². The molecule has 0 saturated carbocycles. The van der Waals surface area contributed by atoms with Crippen molar-refractivity contribution < 1.29 is 27.2 Å². The Bertz CT molecular complexity index is 777. The number of halogens is 5. The number of alkyl halides is 3. The van der Waals surface area contributed by atoms with Crippen LogP contribution in [0.3, 0.4) is 0 Å². The summed E-state index contributed by atoms with van der Waals surface area (Å²) in [6, 6.07) is 4.63. The van der Waals surface area contributed by atoms with Gasteiger partial charge in [0, 0.05) is 17.7 Å². The van der Waals surface area contributed by atoms with Crippen molar-refractivity contribution in [2.45, 2.75) is 13.1 Å². The normalized spacial score (nSPS) is 11.4. The van der Waals surface area contributed by atoms with Crippen LogP contribution in [0.1, 0.15) is 11.1 Å². The van der Waals surface area contributed by atoms with Gasteiger partial charge in [0.2, 0.25) is 0 Å². The Balaban J connectivity index is 2.36. The molecule has 2 aromatic rings. The van der Waals surface area contributed by atoms with E-state index in [0.29, 0.717) is 12.1 Å². The molecule has 0 N–H and O–H groups in total. The number of ether oxygens (including phenoxy) is 1. The monoisotopic (exact) mass is 349 g/mol. The zero-order valence-corrected chi connectivity index (χ0v) is 12.2. The third-order valence-corrected chi connectivity index (χ3v) is 3.22. The van der Waals surface area contributed by atoms with Gasteiger partial charge in [-0.3, -0.25) is 10.1 Å². The lowest BCUT2D eigenvalue weighted by atomic mass is 10.2. The van der Waals surface area contributed by atoms with E-state index in [1.54, 1.807) is 0 Å². The third kappa shape index (κ3) is 3.70. The quantitative estimate of drug-likeness (QED) is 0.417. The maximum atomic E-state index is 13.5. The van der Waals surface area contributed by atoms with Crippen LogP contribution >= 0.6 is 11.6 Å². The fourth-order valence-corrected chi connectivity index (χ4v) is 2.05. The molecule has 9 heteroatoms. The fraction of sp³-hybridized carbons (Fsp3) is 0.143. The van der Waals surface area contributed by atoms with Gasteiger partial charge >= 0.3 is 6.18 Å². The van der Waals surface area contributed by atoms with Crippen LogP contribution in [0.5, 0.6) is 11.5 Å². The summed E-state index contributed by atoms with van der Waals surface area (Å²) >= 11 is 5.68. The number of hydrogen-bond acceptors (Lipinski definition) is 3. The first-order valence-corrected chi connectivity index (χ1v) is 6.46. The second kappa shape index (κ2) is 6.04. The van der Waals surface area contributed by atoms with E-state index in [9.17, 15) is 27.7 Å². The molecular formula is C14H8ClF4NO3. The predicted octanol–water partition coefficient (Wildman–Crippen LogP) is 5.51. The molecule has 0 aliphatic carbocycles. The summed E-state index contributed by atoms with van der Waals surface area (Å²) < 4.78 is 56.4. The molecule has 0 bridgehead atoms. The van der Waals surface area contributed by atoms with Gasteiger partial charge in [-0.15, -0.1) is 0 Å². The molecule has 0 unspecified atom stereocenters. The van der Waals surface area contributed by atoms with E-state index in [-0.39, 0.29) is 22.7 Å². The van der Waals surface area contributed by atoms with E-state index in [1.165, 1.54) is 25.1 Å². The molecule has 0 saturated heterocycles. The van der Waals surface area contributed by atoms with Gasteiger partial charge in [-0.25, -0.2) is 4.39 Å². The fourth-order valence-electron chi connectivity index (χ4n) is 1.85. The Morgan fingerprint density at radius 3 is 2.39 bits per heavy atom. The van der Waals surface area contributed by atoms with Gasteiger partial charge in [0.25, 0.3) is 5.69 Å². The van der Waals surface area contributed by atoms with Gasteiger partial charge in [0.15, 0.2) is 0 Å². The van der Waals surface area contributed by atoms with Crippen LogP contribution in [-0.2, 0) is 6.18 Å². The molecule has 0 fully saturated rings. The van der Waals surface area contributed by atoms with Crippen LogP contribution in [0.25, 0.3) is 0 Å². The number of hydrogen-bond donors (Lipinski definition) is 0. The van der Waals surface area contributed by atoms with Crippen LogP contribution in [0, 0.1) is 22.9 Å². The molecule has 2 aromatic carbocycles. The van der Waals surface area contributed by atoms with Gasteiger partial charge in [0.1, 0.15) is 17.3 Å². The predicted molar refractivity (Wildman–Crippen MR) is 74.3 cm³/mol. The molecule has 0 spiro atoms. The largest absolute Gasteiger partial charge is 0.456 e. The van der Waals surface area contributed by atoms with Crippen molar-refractivity contribution in [1.29, 1.82) is 0 Å². The standard InChI is InChI=1S/C14H8ClF4NO3/c1-7-4-8(2-3-12(7)20(21)22)23-13-6-11(16)9(5-10(13)15)14(17,18)19/h2-6H,1H3. The van der Waals surface area contributed by atoms with Gasteiger partial charge in [-0.1, -0.05) is 11.6 Å². The van der Waals surface area contributed by atoms with Crippen LogP contribution in [0.2, 0.25) is 5.02 Å². The molecular weight excluding hydrogens is 342 g/mol. The lowest BCUT2D eigenvalue weighted by Crippen LogP contribution is -2.08. The van der Waals surface area contributed by atoms with E-state index >= 15 is 0 Å². The first-order chi connectivity index (χ1) is 10.6. The lowest BCUT2D eigenvalue weighted by Gasteiger charge is -2.12. The first kappa shape index (κ1) is 17.0. The van der Waals surface area contributed by atoms with Gasteiger partial charge in [0.05, 0.1) is 15.5 Å². The number of benzene rings is 2. The van der Waals surface area contributed by atoms with Crippen molar-refractivity contribution in [2.24, 2.45) is 0 Å². The summed E-state index contributed by atoms with van der Waals surface area (Å²) in [7, 11) is 0. The van der Waals surface area contributed by atoms with Gasteiger partial charge < -0.3 is 4.74 Å². The van der Waals surface area contributed by atoms with Crippen molar-refractivity contribution in [3.63, 3.8) is 0 Å². The Kier molecular flexibility index (Phi) is 4.46. The Labute approximate surface area is 132 Å². The SMILES string of the molecule is Cc1cc(Oc2cc(F)c(C(F)(F)F)cc2Cl)ccc1[N+](=O)[O-]. The smallest absolute Gasteiger partial charge is 0.419 e. The van der Waals surface area contributed by atoms with Gasteiger partial charge in [-0.2, -0.15) is 13.2 Å². The topological polar surface area (TPSA) is 52.4 Å². The second-order valence-corrected chi connectivity index (χ2v) is 4.97. The molecule has 0 aromatic heterocycles. The molecule has 0 heterocycles. The number of nitro benzene ring substituents is 1. The van der Waals surface area contributed by atoms with Crippen molar-refractivity contribution in [3.8, 4) is 11.5 Å². The van der Waals surface area contributed by atoms with E-state index in [1.807, 2.05) is 0 Å². The summed E-state index contributed by atoms with van der Waals surface area (Å²) in [5.41, 5.74) is -1.38. The molecule has 23 heavy (non-hydrogen) atoms. The molecule has 122 valence electrons. The highest BCUT2D eigenvalue weighted by Gasteiger charge is 2.35. The summed E-state index contributed by atoms with van der Waals surface area (Å²) in [5.74, 6) is -1.78. The molecule has 2 rings (SSSR count). The Morgan fingerprint density at radius 1 is 1.22 bits per heavy atom. The molecule has 0 aliphatic heterocycles. The van der Waals surface area contributed by atoms with Crippen molar-refractivity contribution in [1.82, 2.24) is 0 Å². The summed E-state index contributed by atoms with van der Waals surface area (Å²) in [6.07, 6.45) is -4.88. The average Bonchev–Trinajstić information content (AvgIpc) is 2.41. The van der Waals surface area contributed by atoms with Crippen molar-refractivity contribution >= 4 is 17.3 Å². The minimum Gasteiger partial charge on any atom is -0.456 e. The molecule has 0 aliphatic rings. The number of rotatable bonds is 3. The van der Waals surface area contributed by atoms with Crippen molar-refractivity contribution in [2.75, 3.05) is 0 Å². The average molecular weight is 350 g/mol. The molecule has 0 radical (unpaired) electrons. The maximum absolute atomic E-state index is 13.5. The number of aryl methyl sites for hydroxylation is 1. The number of nitrogens with zero attached hydrogens (tertiary/aromatic N) is 1. The second-order valence-electron chi connectivity index (χ2n) is 4.57. The molecule has 0 atom stereocenters. The van der Waals surface area contributed by atoms with E-state index in [4.69, 9.17) is 16.3 Å². The lowest BCUT2D eigenvalue weighted by molar-refractivity contribution is -0.385.